The zero-order chi connectivity index (χ0) is 13.8. The van der Waals surface area contributed by atoms with Crippen molar-refractivity contribution in [3.8, 4) is 0 Å². The van der Waals surface area contributed by atoms with E-state index >= 15 is 0 Å². The molecule has 1 saturated heterocycles. The van der Waals surface area contributed by atoms with E-state index in [1.165, 1.54) is 11.1 Å². The van der Waals surface area contributed by atoms with Crippen LogP contribution in [0.5, 0.6) is 0 Å². The molecule has 1 aliphatic rings. The Morgan fingerprint density at radius 1 is 1.26 bits per heavy atom. The van der Waals surface area contributed by atoms with Crippen LogP contribution in [0.25, 0.3) is 0 Å². The second kappa shape index (κ2) is 6.31. The fourth-order valence-electron chi connectivity index (χ4n) is 2.74. The van der Waals surface area contributed by atoms with Crippen LogP contribution < -0.4 is 0 Å². The van der Waals surface area contributed by atoms with E-state index in [4.69, 9.17) is 0 Å². The second-order valence-corrected chi connectivity index (χ2v) is 5.68. The molecular formula is C16H24N2O. The normalized spacial score (nSPS) is 19.3. The van der Waals surface area contributed by atoms with Crippen molar-refractivity contribution >= 4 is 5.78 Å². The monoisotopic (exact) mass is 260 g/mol. The number of carbonyl (C=O) groups is 1. The van der Waals surface area contributed by atoms with Crippen LogP contribution in [-0.4, -0.2) is 48.8 Å². The topological polar surface area (TPSA) is 23.6 Å². The van der Waals surface area contributed by atoms with Gasteiger partial charge in [0.1, 0.15) is 5.78 Å². The van der Waals surface area contributed by atoms with Crippen LogP contribution >= 0.6 is 0 Å². The molecule has 1 unspecified atom stereocenters. The van der Waals surface area contributed by atoms with Crippen molar-refractivity contribution in [3.63, 3.8) is 0 Å². The third-order valence-electron chi connectivity index (χ3n) is 3.89. The van der Waals surface area contributed by atoms with E-state index in [0.29, 0.717) is 6.42 Å². The summed E-state index contributed by atoms with van der Waals surface area (Å²) in [4.78, 5) is 16.4. The maximum absolute atomic E-state index is 11.6. The highest BCUT2D eigenvalue weighted by molar-refractivity contribution is 5.76. The molecule has 0 bridgehead atoms. The third kappa shape index (κ3) is 3.88. The molecule has 1 aliphatic heterocycles. The van der Waals surface area contributed by atoms with Crippen LogP contribution in [0.1, 0.15) is 30.5 Å². The molecule has 1 aromatic rings. The van der Waals surface area contributed by atoms with Gasteiger partial charge in [-0.15, -0.1) is 0 Å². The fraction of sp³-hybridized carbons (Fsp3) is 0.562. The minimum absolute atomic E-state index is 0.242. The van der Waals surface area contributed by atoms with E-state index in [1.807, 2.05) is 0 Å². The summed E-state index contributed by atoms with van der Waals surface area (Å²) in [5.74, 6) is 0.269. The molecular weight excluding hydrogens is 236 g/mol. The van der Waals surface area contributed by atoms with Crippen LogP contribution in [0, 0.1) is 6.92 Å². The van der Waals surface area contributed by atoms with Gasteiger partial charge < -0.3 is 4.90 Å². The van der Waals surface area contributed by atoms with Crippen molar-refractivity contribution in [2.24, 2.45) is 0 Å². The molecule has 0 N–H and O–H groups in total. The van der Waals surface area contributed by atoms with Gasteiger partial charge in [-0.2, -0.15) is 0 Å². The van der Waals surface area contributed by atoms with Gasteiger partial charge in [0.25, 0.3) is 0 Å². The SMILES string of the molecule is CC(=O)CC(c1cccc(C)c1)N1CCN(C)CC1. The van der Waals surface area contributed by atoms with E-state index < -0.39 is 0 Å². The molecule has 3 nitrogen and oxygen atoms in total. The smallest absolute Gasteiger partial charge is 0.131 e. The van der Waals surface area contributed by atoms with Crippen LogP contribution in [0.2, 0.25) is 0 Å². The van der Waals surface area contributed by atoms with Crippen molar-refractivity contribution < 1.29 is 4.79 Å². The number of piperazine rings is 1. The summed E-state index contributed by atoms with van der Waals surface area (Å²) in [6.45, 7) is 8.06. The molecule has 19 heavy (non-hydrogen) atoms. The van der Waals surface area contributed by atoms with Gasteiger partial charge >= 0.3 is 0 Å². The van der Waals surface area contributed by atoms with Gasteiger partial charge in [0.15, 0.2) is 0 Å². The first kappa shape index (κ1) is 14.2. The zero-order valence-electron chi connectivity index (χ0n) is 12.2. The number of likely N-dealkylation sites (N-methyl/N-ethyl adjacent to an activating group) is 1. The third-order valence-corrected chi connectivity index (χ3v) is 3.89. The molecule has 0 amide bonds. The van der Waals surface area contributed by atoms with Gasteiger partial charge in [-0.3, -0.25) is 9.69 Å². The van der Waals surface area contributed by atoms with Crippen LogP contribution in [-0.2, 0) is 4.79 Å². The van der Waals surface area contributed by atoms with E-state index in [0.717, 1.165) is 26.2 Å². The van der Waals surface area contributed by atoms with Crippen LogP contribution in [0.3, 0.4) is 0 Å². The molecule has 3 heteroatoms. The largest absolute Gasteiger partial charge is 0.304 e. The van der Waals surface area contributed by atoms with Gasteiger partial charge in [-0.1, -0.05) is 29.8 Å². The summed E-state index contributed by atoms with van der Waals surface area (Å²) < 4.78 is 0. The lowest BCUT2D eigenvalue weighted by Crippen LogP contribution is -2.46. The van der Waals surface area contributed by atoms with Gasteiger partial charge in [0, 0.05) is 38.6 Å². The van der Waals surface area contributed by atoms with Crippen LogP contribution in [0.15, 0.2) is 24.3 Å². The lowest BCUT2D eigenvalue weighted by Gasteiger charge is -2.38. The standard InChI is InChI=1S/C16H24N2O/c1-13-5-4-6-15(11-13)16(12-14(2)19)18-9-7-17(3)8-10-18/h4-6,11,16H,7-10,12H2,1-3H3. The number of nitrogens with zero attached hydrogens (tertiary/aromatic N) is 2. The average Bonchev–Trinajstić information content (AvgIpc) is 2.37. The van der Waals surface area contributed by atoms with Crippen molar-refractivity contribution in [1.82, 2.24) is 9.80 Å². The highest BCUT2D eigenvalue weighted by Crippen LogP contribution is 2.26. The Morgan fingerprint density at radius 2 is 1.95 bits per heavy atom. The van der Waals surface area contributed by atoms with E-state index in [1.54, 1.807) is 6.92 Å². The number of hydrogen-bond donors (Lipinski definition) is 0. The predicted molar refractivity (Wildman–Crippen MR) is 78.3 cm³/mol. The summed E-state index contributed by atoms with van der Waals surface area (Å²) in [5, 5.41) is 0. The molecule has 104 valence electrons. The highest BCUT2D eigenvalue weighted by atomic mass is 16.1. The van der Waals surface area contributed by atoms with Gasteiger partial charge in [0.05, 0.1) is 0 Å². The molecule has 0 saturated carbocycles. The molecule has 1 heterocycles. The number of rotatable bonds is 4. The maximum atomic E-state index is 11.6. The van der Waals surface area contributed by atoms with Crippen molar-refractivity contribution in [3.05, 3.63) is 35.4 Å². The Kier molecular flexibility index (Phi) is 4.72. The average molecular weight is 260 g/mol. The maximum Gasteiger partial charge on any atom is 0.131 e. The van der Waals surface area contributed by atoms with E-state index in [9.17, 15) is 4.79 Å². The number of Topliss-reactive ketones (excluding diaryl/α,β-unsaturated/α-hetero) is 1. The predicted octanol–water partition coefficient (Wildman–Crippen LogP) is 2.26. The summed E-state index contributed by atoms with van der Waals surface area (Å²) in [6.07, 6.45) is 0.618. The summed E-state index contributed by atoms with van der Waals surface area (Å²) in [7, 11) is 2.16. The number of carbonyl (C=O) groups excluding carboxylic acids is 1. The Morgan fingerprint density at radius 3 is 2.53 bits per heavy atom. The molecule has 1 aromatic carbocycles. The van der Waals surface area contributed by atoms with Gasteiger partial charge in [-0.25, -0.2) is 0 Å². The first-order valence-corrected chi connectivity index (χ1v) is 7.05. The number of ketones is 1. The molecule has 0 aromatic heterocycles. The van der Waals surface area contributed by atoms with Crippen molar-refractivity contribution in [1.29, 1.82) is 0 Å². The molecule has 2 rings (SSSR count). The van der Waals surface area contributed by atoms with Crippen molar-refractivity contribution in [2.75, 3.05) is 33.2 Å². The van der Waals surface area contributed by atoms with E-state index in [2.05, 4.69) is 48.0 Å². The Labute approximate surface area is 116 Å². The first-order valence-electron chi connectivity index (χ1n) is 7.05. The van der Waals surface area contributed by atoms with Gasteiger partial charge in [0.2, 0.25) is 0 Å². The van der Waals surface area contributed by atoms with Gasteiger partial charge in [-0.05, 0) is 26.5 Å². The lowest BCUT2D eigenvalue weighted by molar-refractivity contribution is -0.118. The molecule has 0 radical (unpaired) electrons. The zero-order valence-corrected chi connectivity index (χ0v) is 12.2. The Bertz CT molecular complexity index is 436. The summed E-state index contributed by atoms with van der Waals surface area (Å²) in [5.41, 5.74) is 2.54. The minimum atomic E-state index is 0.242. The second-order valence-electron chi connectivity index (χ2n) is 5.68. The summed E-state index contributed by atoms with van der Waals surface area (Å²) in [6, 6.07) is 8.81. The number of aryl methyl sites for hydroxylation is 1. The Hall–Kier alpha value is -1.19. The first-order chi connectivity index (χ1) is 9.06. The molecule has 1 fully saturated rings. The fourth-order valence-corrected chi connectivity index (χ4v) is 2.74. The summed E-state index contributed by atoms with van der Waals surface area (Å²) >= 11 is 0. The quantitative estimate of drug-likeness (QED) is 0.829. The molecule has 1 atom stereocenters. The highest BCUT2D eigenvalue weighted by Gasteiger charge is 2.24. The van der Waals surface area contributed by atoms with E-state index in [-0.39, 0.29) is 11.8 Å². The molecule has 0 aliphatic carbocycles. The Balaban J connectivity index is 2.18. The number of benzene rings is 1. The number of hydrogen-bond acceptors (Lipinski definition) is 3. The molecule has 0 spiro atoms. The van der Waals surface area contributed by atoms with Crippen LogP contribution in [0.4, 0.5) is 0 Å². The van der Waals surface area contributed by atoms with Crippen molar-refractivity contribution in [2.45, 2.75) is 26.3 Å². The lowest BCUT2D eigenvalue weighted by atomic mass is 9.98. The minimum Gasteiger partial charge on any atom is -0.304 e.